The van der Waals surface area contributed by atoms with Gasteiger partial charge in [0, 0.05) is 24.7 Å². The van der Waals surface area contributed by atoms with Crippen LogP contribution in [-0.4, -0.2) is 39.7 Å². The smallest absolute Gasteiger partial charge is 0.147 e. The number of nitrogens with two attached hydrogens (primary N) is 1. The van der Waals surface area contributed by atoms with Crippen LogP contribution in [0.4, 0.5) is 0 Å². The lowest BCUT2D eigenvalue weighted by atomic mass is 10.2. The van der Waals surface area contributed by atoms with Gasteiger partial charge in [0.25, 0.3) is 0 Å². The number of hydrogen-bond donors (Lipinski definition) is 2. The van der Waals surface area contributed by atoms with Crippen molar-refractivity contribution in [3.05, 3.63) is 0 Å². The summed E-state index contributed by atoms with van der Waals surface area (Å²) in [5, 5.41) is 0. The molecule has 14 heavy (non-hydrogen) atoms. The molecule has 0 amide bonds. The summed E-state index contributed by atoms with van der Waals surface area (Å²) in [5.74, 6) is 5.49. The predicted molar refractivity (Wildman–Crippen MR) is 56.5 cm³/mol. The molecule has 0 spiro atoms. The average Bonchev–Trinajstić information content (AvgIpc) is 2.09. The van der Waals surface area contributed by atoms with E-state index >= 15 is 0 Å². The fraction of sp³-hybridized carbons (Fsp3) is 1.00. The van der Waals surface area contributed by atoms with E-state index in [1.54, 1.807) is 0 Å². The lowest BCUT2D eigenvalue weighted by Crippen LogP contribution is -2.38. The van der Waals surface area contributed by atoms with E-state index in [4.69, 9.17) is 10.6 Å². The van der Waals surface area contributed by atoms with Crippen molar-refractivity contribution in [1.82, 2.24) is 5.43 Å². The summed E-state index contributed by atoms with van der Waals surface area (Å²) in [4.78, 5) is 0. The minimum atomic E-state index is -2.86. The molecule has 0 aliphatic heterocycles. The van der Waals surface area contributed by atoms with Gasteiger partial charge in [-0.15, -0.1) is 0 Å². The Hall–Kier alpha value is -0.170. The van der Waals surface area contributed by atoms with E-state index in [1.807, 2.05) is 6.92 Å². The van der Waals surface area contributed by atoms with E-state index in [9.17, 15) is 8.42 Å². The lowest BCUT2D eigenvalue weighted by molar-refractivity contribution is 0.120. The SMILES string of the molecule is CCOCC(CCCS(C)(=O)=O)NN. The van der Waals surface area contributed by atoms with Crippen molar-refractivity contribution < 1.29 is 13.2 Å². The third-order valence-electron chi connectivity index (χ3n) is 1.83. The number of rotatable bonds is 8. The van der Waals surface area contributed by atoms with Crippen LogP contribution in [0.1, 0.15) is 19.8 Å². The minimum Gasteiger partial charge on any atom is -0.380 e. The number of ether oxygens (including phenoxy) is 1. The zero-order valence-electron chi connectivity index (χ0n) is 8.82. The van der Waals surface area contributed by atoms with Gasteiger partial charge in [-0.1, -0.05) is 0 Å². The Bertz CT molecular complexity index is 229. The largest absolute Gasteiger partial charge is 0.380 e. The van der Waals surface area contributed by atoms with Gasteiger partial charge in [-0.3, -0.25) is 11.3 Å². The Morgan fingerprint density at radius 2 is 2.14 bits per heavy atom. The molecule has 3 N–H and O–H groups in total. The van der Waals surface area contributed by atoms with E-state index in [0.29, 0.717) is 26.1 Å². The summed E-state index contributed by atoms with van der Waals surface area (Å²) < 4.78 is 26.8. The topological polar surface area (TPSA) is 81.4 Å². The molecule has 0 aliphatic rings. The molecular weight excluding hydrogens is 204 g/mol. The van der Waals surface area contributed by atoms with Crippen molar-refractivity contribution in [3.63, 3.8) is 0 Å². The maximum atomic E-state index is 10.8. The summed E-state index contributed by atoms with van der Waals surface area (Å²) in [5.41, 5.74) is 2.60. The number of sulfone groups is 1. The zero-order valence-corrected chi connectivity index (χ0v) is 9.64. The highest BCUT2D eigenvalue weighted by Gasteiger charge is 2.08. The van der Waals surface area contributed by atoms with Crippen molar-refractivity contribution in [2.24, 2.45) is 5.84 Å². The van der Waals surface area contributed by atoms with Crippen LogP contribution in [0.15, 0.2) is 0 Å². The molecule has 0 aromatic heterocycles. The van der Waals surface area contributed by atoms with E-state index < -0.39 is 9.84 Å². The normalized spacial score (nSPS) is 14.2. The molecule has 0 saturated carbocycles. The first-order chi connectivity index (χ1) is 6.49. The van der Waals surface area contributed by atoms with E-state index in [1.165, 1.54) is 6.26 Å². The van der Waals surface area contributed by atoms with Crippen molar-refractivity contribution in [1.29, 1.82) is 0 Å². The summed E-state index contributed by atoms with van der Waals surface area (Å²) in [6.07, 6.45) is 2.56. The van der Waals surface area contributed by atoms with Gasteiger partial charge >= 0.3 is 0 Å². The van der Waals surface area contributed by atoms with E-state index in [-0.39, 0.29) is 11.8 Å². The average molecular weight is 224 g/mol. The number of hydrazine groups is 1. The van der Waals surface area contributed by atoms with Gasteiger partial charge in [0.15, 0.2) is 0 Å². The quantitative estimate of drug-likeness (QED) is 0.436. The number of hydrogen-bond acceptors (Lipinski definition) is 5. The fourth-order valence-corrected chi connectivity index (χ4v) is 1.76. The standard InChI is InChI=1S/C8H20N2O3S/c1-3-13-7-8(10-9)5-4-6-14(2,11)12/h8,10H,3-7,9H2,1-2H3. The van der Waals surface area contributed by atoms with Gasteiger partial charge in [0.2, 0.25) is 0 Å². The maximum Gasteiger partial charge on any atom is 0.147 e. The Morgan fingerprint density at radius 3 is 2.57 bits per heavy atom. The Kier molecular flexibility index (Phi) is 7.08. The van der Waals surface area contributed by atoms with Gasteiger partial charge < -0.3 is 4.74 Å². The Balaban J connectivity index is 3.62. The third kappa shape index (κ3) is 8.43. The molecule has 1 atom stereocenters. The molecule has 5 nitrogen and oxygen atoms in total. The van der Waals surface area contributed by atoms with Crippen molar-refractivity contribution in [2.45, 2.75) is 25.8 Å². The summed E-state index contributed by atoms with van der Waals surface area (Å²) >= 11 is 0. The van der Waals surface area contributed by atoms with Crippen LogP contribution in [-0.2, 0) is 14.6 Å². The van der Waals surface area contributed by atoms with Crippen LogP contribution < -0.4 is 11.3 Å². The van der Waals surface area contributed by atoms with Crippen LogP contribution in [0.3, 0.4) is 0 Å². The van der Waals surface area contributed by atoms with Crippen LogP contribution >= 0.6 is 0 Å². The van der Waals surface area contributed by atoms with Gasteiger partial charge in [-0.2, -0.15) is 0 Å². The second-order valence-corrected chi connectivity index (χ2v) is 5.55. The molecule has 0 aromatic rings. The third-order valence-corrected chi connectivity index (χ3v) is 2.86. The first-order valence-corrected chi connectivity index (χ1v) is 6.77. The molecule has 0 heterocycles. The Morgan fingerprint density at radius 1 is 1.50 bits per heavy atom. The molecule has 0 aromatic carbocycles. The minimum absolute atomic E-state index is 0.0386. The van der Waals surface area contributed by atoms with Crippen LogP contribution in [0.25, 0.3) is 0 Å². The Labute approximate surface area is 85.9 Å². The first-order valence-electron chi connectivity index (χ1n) is 4.71. The highest BCUT2D eigenvalue weighted by molar-refractivity contribution is 7.90. The van der Waals surface area contributed by atoms with Crippen LogP contribution in [0.5, 0.6) is 0 Å². The zero-order chi connectivity index (χ0) is 11.0. The molecule has 0 saturated heterocycles. The molecule has 0 fully saturated rings. The monoisotopic (exact) mass is 224 g/mol. The fourth-order valence-electron chi connectivity index (χ4n) is 1.07. The van der Waals surface area contributed by atoms with Crippen LogP contribution in [0, 0.1) is 0 Å². The molecule has 1 unspecified atom stereocenters. The van der Waals surface area contributed by atoms with Crippen LogP contribution in [0.2, 0.25) is 0 Å². The molecule has 6 heteroatoms. The van der Waals surface area contributed by atoms with Gasteiger partial charge in [0.05, 0.1) is 6.61 Å². The molecule has 86 valence electrons. The van der Waals surface area contributed by atoms with E-state index in [2.05, 4.69) is 5.43 Å². The van der Waals surface area contributed by atoms with E-state index in [0.717, 1.165) is 0 Å². The second kappa shape index (κ2) is 7.17. The van der Waals surface area contributed by atoms with Crippen molar-refractivity contribution in [2.75, 3.05) is 25.2 Å². The molecule has 0 aliphatic carbocycles. The second-order valence-electron chi connectivity index (χ2n) is 3.30. The van der Waals surface area contributed by atoms with Gasteiger partial charge in [0.1, 0.15) is 9.84 Å². The van der Waals surface area contributed by atoms with Crippen molar-refractivity contribution >= 4 is 9.84 Å². The highest BCUT2D eigenvalue weighted by Crippen LogP contribution is 2.00. The lowest BCUT2D eigenvalue weighted by Gasteiger charge is -2.14. The molecule has 0 rings (SSSR count). The predicted octanol–water partition coefficient (Wildman–Crippen LogP) is -0.320. The first kappa shape index (κ1) is 13.8. The summed E-state index contributed by atoms with van der Waals surface area (Å²) in [6.45, 7) is 3.07. The molecular formula is C8H20N2O3S. The number of nitrogens with one attached hydrogen (secondary N) is 1. The summed E-state index contributed by atoms with van der Waals surface area (Å²) in [6, 6.07) is 0.0386. The molecule has 0 bridgehead atoms. The summed E-state index contributed by atoms with van der Waals surface area (Å²) in [7, 11) is -2.86. The van der Waals surface area contributed by atoms with Crippen molar-refractivity contribution in [3.8, 4) is 0 Å². The molecule has 0 radical (unpaired) electrons. The van der Waals surface area contributed by atoms with Gasteiger partial charge in [-0.05, 0) is 19.8 Å². The van der Waals surface area contributed by atoms with Gasteiger partial charge in [-0.25, -0.2) is 8.42 Å². The highest BCUT2D eigenvalue weighted by atomic mass is 32.2. The maximum absolute atomic E-state index is 10.8.